The number of carbonyl (C=O) groups is 2. The van der Waals surface area contributed by atoms with Crippen molar-refractivity contribution >= 4 is 28.8 Å². The highest BCUT2D eigenvalue weighted by atomic mass is 32.1. The largest absolute Gasteiger partial charge is 0.507 e. The second-order valence-corrected chi connectivity index (χ2v) is 7.96. The molecule has 1 aliphatic heterocycles. The summed E-state index contributed by atoms with van der Waals surface area (Å²) >= 11 is 1.50. The van der Waals surface area contributed by atoms with Crippen LogP contribution in [0.25, 0.3) is 5.76 Å². The topological polar surface area (TPSA) is 57.6 Å². The summed E-state index contributed by atoms with van der Waals surface area (Å²) in [5.74, 6) is -2.15. The third-order valence-corrected chi connectivity index (χ3v) is 5.78. The van der Waals surface area contributed by atoms with Gasteiger partial charge in [0.05, 0.1) is 18.2 Å². The number of thiophene rings is 1. The Hall–Kier alpha value is -3.25. The zero-order valence-corrected chi connectivity index (χ0v) is 16.4. The predicted molar refractivity (Wildman–Crippen MR) is 110 cm³/mol. The first kappa shape index (κ1) is 19.1. The molecule has 1 aliphatic rings. The third-order valence-electron chi connectivity index (χ3n) is 4.92. The first-order valence-electron chi connectivity index (χ1n) is 9.09. The summed E-state index contributed by atoms with van der Waals surface area (Å²) in [5.41, 5.74) is 2.03. The molecule has 0 radical (unpaired) electrons. The van der Waals surface area contributed by atoms with Crippen molar-refractivity contribution in [2.45, 2.75) is 19.5 Å². The van der Waals surface area contributed by atoms with Crippen molar-refractivity contribution in [1.82, 2.24) is 4.90 Å². The number of halogens is 1. The number of likely N-dealkylation sites (tertiary alicyclic amines) is 1. The third kappa shape index (κ3) is 3.59. The minimum atomic E-state index is -0.741. The van der Waals surface area contributed by atoms with Gasteiger partial charge in [0.2, 0.25) is 0 Å². The molecule has 1 amide bonds. The number of hydrogen-bond acceptors (Lipinski definition) is 4. The van der Waals surface area contributed by atoms with Crippen molar-refractivity contribution in [2.24, 2.45) is 0 Å². The van der Waals surface area contributed by atoms with Crippen LogP contribution in [-0.2, 0) is 16.1 Å². The minimum absolute atomic E-state index is 0.0174. The number of aliphatic hydroxyl groups is 1. The van der Waals surface area contributed by atoms with Crippen LogP contribution in [0.15, 0.2) is 71.6 Å². The van der Waals surface area contributed by atoms with E-state index in [4.69, 9.17) is 0 Å². The van der Waals surface area contributed by atoms with E-state index in [9.17, 15) is 19.1 Å². The lowest BCUT2D eigenvalue weighted by Gasteiger charge is -2.25. The van der Waals surface area contributed by atoms with Gasteiger partial charge in [-0.2, -0.15) is 0 Å². The van der Waals surface area contributed by atoms with Gasteiger partial charge in [0.25, 0.3) is 11.7 Å². The average Bonchev–Trinajstić information content (AvgIpc) is 3.30. The van der Waals surface area contributed by atoms with Crippen LogP contribution in [0.2, 0.25) is 0 Å². The molecule has 1 saturated heterocycles. The van der Waals surface area contributed by atoms with Crippen LogP contribution in [0, 0.1) is 12.7 Å². The first-order valence-corrected chi connectivity index (χ1v) is 9.97. The Balaban J connectivity index is 1.87. The summed E-state index contributed by atoms with van der Waals surface area (Å²) < 4.78 is 13.3. The zero-order chi connectivity index (χ0) is 20.5. The standard InChI is InChI=1S/C23H18FNO3S/c1-14-4-2-5-16(12-14)20-19(21(26)15-7-9-17(24)10-8-15)22(27)23(28)25(20)13-18-6-3-11-29-18/h2-12,20,26H,13H2,1H3/b21-19-. The molecule has 1 atom stereocenters. The number of aryl methyl sites for hydroxylation is 1. The summed E-state index contributed by atoms with van der Waals surface area (Å²) in [7, 11) is 0. The van der Waals surface area contributed by atoms with Gasteiger partial charge in [0, 0.05) is 10.4 Å². The minimum Gasteiger partial charge on any atom is -0.507 e. The van der Waals surface area contributed by atoms with Crippen molar-refractivity contribution < 1.29 is 19.1 Å². The molecule has 2 heterocycles. The molecule has 0 saturated carbocycles. The van der Waals surface area contributed by atoms with Gasteiger partial charge in [0.15, 0.2) is 0 Å². The van der Waals surface area contributed by atoms with Crippen molar-refractivity contribution in [1.29, 1.82) is 0 Å². The summed E-state index contributed by atoms with van der Waals surface area (Å²) in [4.78, 5) is 28.2. The molecule has 0 bridgehead atoms. The molecule has 2 aromatic carbocycles. The van der Waals surface area contributed by atoms with Crippen molar-refractivity contribution in [3.8, 4) is 0 Å². The number of Topliss-reactive ketones (excluding diaryl/α,β-unsaturated/α-hetero) is 1. The lowest BCUT2D eigenvalue weighted by molar-refractivity contribution is -0.140. The molecule has 0 aliphatic carbocycles. The van der Waals surface area contributed by atoms with E-state index in [0.29, 0.717) is 0 Å². The number of carbonyl (C=O) groups excluding carboxylic acids is 2. The van der Waals surface area contributed by atoms with E-state index in [2.05, 4.69) is 0 Å². The van der Waals surface area contributed by atoms with E-state index >= 15 is 0 Å². The van der Waals surface area contributed by atoms with Crippen LogP contribution in [0.3, 0.4) is 0 Å². The molecule has 1 unspecified atom stereocenters. The Bertz CT molecular complexity index is 1100. The highest BCUT2D eigenvalue weighted by molar-refractivity contribution is 7.09. The van der Waals surface area contributed by atoms with Gasteiger partial charge in [-0.15, -0.1) is 11.3 Å². The maximum atomic E-state index is 13.3. The van der Waals surface area contributed by atoms with E-state index in [0.717, 1.165) is 16.0 Å². The quantitative estimate of drug-likeness (QED) is 0.383. The van der Waals surface area contributed by atoms with Crippen LogP contribution in [0.1, 0.15) is 27.6 Å². The number of nitrogens with zero attached hydrogens (tertiary/aromatic N) is 1. The first-order chi connectivity index (χ1) is 14.0. The van der Waals surface area contributed by atoms with Crippen LogP contribution in [0.5, 0.6) is 0 Å². The van der Waals surface area contributed by atoms with Gasteiger partial charge in [-0.05, 0) is 48.2 Å². The number of ketones is 1. The number of hydrogen-bond donors (Lipinski definition) is 1. The summed E-state index contributed by atoms with van der Waals surface area (Å²) in [5, 5.41) is 12.8. The summed E-state index contributed by atoms with van der Waals surface area (Å²) in [6, 6.07) is 15.8. The Morgan fingerprint density at radius 2 is 1.86 bits per heavy atom. The highest BCUT2D eigenvalue weighted by Crippen LogP contribution is 2.40. The van der Waals surface area contributed by atoms with E-state index < -0.39 is 23.5 Å². The number of rotatable bonds is 4. The molecular formula is C23H18FNO3S. The maximum absolute atomic E-state index is 13.3. The summed E-state index contributed by atoms with van der Waals surface area (Å²) in [6.45, 7) is 2.19. The van der Waals surface area contributed by atoms with E-state index in [-0.39, 0.29) is 23.4 Å². The van der Waals surface area contributed by atoms with Crippen molar-refractivity contribution in [3.63, 3.8) is 0 Å². The molecule has 4 nitrogen and oxygen atoms in total. The predicted octanol–water partition coefficient (Wildman–Crippen LogP) is 4.82. The molecule has 1 N–H and O–H groups in total. The lowest BCUT2D eigenvalue weighted by atomic mass is 9.94. The number of benzene rings is 2. The summed E-state index contributed by atoms with van der Waals surface area (Å²) in [6.07, 6.45) is 0. The molecule has 0 spiro atoms. The average molecular weight is 407 g/mol. The lowest BCUT2D eigenvalue weighted by Crippen LogP contribution is -2.28. The van der Waals surface area contributed by atoms with Crippen LogP contribution in [0.4, 0.5) is 4.39 Å². The molecular weight excluding hydrogens is 389 g/mol. The molecule has 29 heavy (non-hydrogen) atoms. The van der Waals surface area contributed by atoms with Gasteiger partial charge in [-0.1, -0.05) is 35.9 Å². The van der Waals surface area contributed by atoms with Gasteiger partial charge < -0.3 is 10.0 Å². The molecule has 146 valence electrons. The van der Waals surface area contributed by atoms with Crippen molar-refractivity contribution in [2.75, 3.05) is 0 Å². The maximum Gasteiger partial charge on any atom is 0.295 e. The molecule has 6 heteroatoms. The second-order valence-electron chi connectivity index (χ2n) is 6.93. The van der Waals surface area contributed by atoms with E-state index in [1.807, 2.05) is 48.7 Å². The molecule has 4 rings (SSSR count). The Labute approximate surface area is 171 Å². The van der Waals surface area contributed by atoms with E-state index in [1.54, 1.807) is 0 Å². The van der Waals surface area contributed by atoms with Crippen molar-refractivity contribution in [3.05, 3.63) is 99.0 Å². The van der Waals surface area contributed by atoms with Gasteiger partial charge in [-0.3, -0.25) is 9.59 Å². The van der Waals surface area contributed by atoms with Gasteiger partial charge in [0.1, 0.15) is 11.6 Å². The van der Waals surface area contributed by atoms with Crippen LogP contribution < -0.4 is 0 Å². The van der Waals surface area contributed by atoms with Crippen LogP contribution in [-0.4, -0.2) is 21.7 Å². The SMILES string of the molecule is Cc1cccc(C2/C(=C(/O)c3ccc(F)cc3)C(=O)C(=O)N2Cc2cccs2)c1. The monoisotopic (exact) mass is 407 g/mol. The highest BCUT2D eigenvalue weighted by Gasteiger charge is 2.46. The smallest absolute Gasteiger partial charge is 0.295 e. The zero-order valence-electron chi connectivity index (χ0n) is 15.6. The van der Waals surface area contributed by atoms with E-state index in [1.165, 1.54) is 40.5 Å². The number of amides is 1. The Kier molecular flexibility index (Phi) is 5.03. The fourth-order valence-corrected chi connectivity index (χ4v) is 4.27. The van der Waals surface area contributed by atoms with Gasteiger partial charge in [-0.25, -0.2) is 4.39 Å². The normalized spacial score (nSPS) is 18.4. The Morgan fingerprint density at radius 1 is 1.10 bits per heavy atom. The molecule has 3 aromatic rings. The fourth-order valence-electron chi connectivity index (χ4n) is 3.56. The molecule has 1 fully saturated rings. The molecule has 1 aromatic heterocycles. The fraction of sp³-hybridized carbons (Fsp3) is 0.130. The van der Waals surface area contributed by atoms with Gasteiger partial charge >= 0.3 is 0 Å². The Morgan fingerprint density at radius 3 is 2.52 bits per heavy atom. The number of aliphatic hydroxyl groups excluding tert-OH is 1. The van der Waals surface area contributed by atoms with Crippen LogP contribution >= 0.6 is 11.3 Å². The second kappa shape index (κ2) is 7.64.